The molecule has 2 aromatic rings. The minimum atomic E-state index is -0.663. The largest absolute Gasteiger partial charge is 0.365 e. The summed E-state index contributed by atoms with van der Waals surface area (Å²) in [4.78, 5) is 30.4. The van der Waals surface area contributed by atoms with Crippen molar-refractivity contribution in [2.75, 3.05) is 13.1 Å². The van der Waals surface area contributed by atoms with E-state index in [4.69, 9.17) is 23.9 Å². The van der Waals surface area contributed by atoms with E-state index in [-0.39, 0.29) is 28.5 Å². The number of rotatable bonds is 5. The van der Waals surface area contributed by atoms with Gasteiger partial charge >= 0.3 is 0 Å². The third-order valence-corrected chi connectivity index (χ3v) is 6.42. The standard InChI is InChI=1S/C21H21ClFN5O2/c1-25-12-21(5-2-6-21)10-17(29)27-7-8-28-16(11-27)18(20(24)30)19(26-28)13-3-4-15(23)14(22)9-13/h3-4,9H,2,5-8,10-12H2,(H2,24,30). The number of aromatic nitrogens is 2. The van der Waals surface area contributed by atoms with E-state index in [1.54, 1.807) is 9.58 Å². The van der Waals surface area contributed by atoms with Gasteiger partial charge in [-0.25, -0.2) is 11.0 Å². The highest BCUT2D eigenvalue weighted by Crippen LogP contribution is 2.45. The predicted molar refractivity (Wildman–Crippen MR) is 109 cm³/mol. The van der Waals surface area contributed by atoms with Crippen LogP contribution in [0.3, 0.4) is 0 Å². The van der Waals surface area contributed by atoms with Crippen LogP contribution in [0.25, 0.3) is 16.1 Å². The van der Waals surface area contributed by atoms with Crippen LogP contribution in [0.4, 0.5) is 4.39 Å². The summed E-state index contributed by atoms with van der Waals surface area (Å²) in [6.45, 7) is 8.64. The summed E-state index contributed by atoms with van der Waals surface area (Å²) in [5, 5.41) is 4.42. The summed E-state index contributed by atoms with van der Waals surface area (Å²) in [5.41, 5.74) is 7.03. The smallest absolute Gasteiger partial charge is 0.252 e. The molecule has 156 valence electrons. The molecule has 1 saturated carbocycles. The molecule has 2 N–H and O–H groups in total. The molecule has 0 bridgehead atoms. The molecule has 0 unspecified atom stereocenters. The van der Waals surface area contributed by atoms with E-state index in [0.717, 1.165) is 19.3 Å². The second kappa shape index (κ2) is 7.73. The van der Waals surface area contributed by atoms with Crippen LogP contribution in [0, 0.1) is 17.8 Å². The van der Waals surface area contributed by atoms with Crippen LogP contribution in [0.1, 0.15) is 41.7 Å². The van der Waals surface area contributed by atoms with Gasteiger partial charge in [0.2, 0.25) is 12.5 Å². The van der Waals surface area contributed by atoms with Gasteiger partial charge in [-0.3, -0.25) is 14.3 Å². The van der Waals surface area contributed by atoms with Crippen molar-refractivity contribution in [1.82, 2.24) is 14.7 Å². The molecule has 30 heavy (non-hydrogen) atoms. The molecular weight excluding hydrogens is 409 g/mol. The Bertz CT molecular complexity index is 1070. The Labute approximate surface area is 178 Å². The van der Waals surface area contributed by atoms with Crippen molar-refractivity contribution >= 4 is 23.4 Å². The van der Waals surface area contributed by atoms with E-state index >= 15 is 0 Å². The SMILES string of the molecule is [C-]#[N+]CC1(CC(=O)N2CCn3nc(-c4ccc(F)c(Cl)c4)c(C(N)=O)c3C2)CCC1. The highest BCUT2D eigenvalue weighted by Gasteiger charge is 2.43. The molecule has 2 heterocycles. The normalized spacial score (nSPS) is 17.0. The maximum Gasteiger partial charge on any atom is 0.252 e. The van der Waals surface area contributed by atoms with Crippen LogP contribution in [-0.2, 0) is 17.9 Å². The van der Waals surface area contributed by atoms with Crippen molar-refractivity contribution in [1.29, 1.82) is 0 Å². The molecule has 0 saturated heterocycles. The average molecular weight is 430 g/mol. The average Bonchev–Trinajstić information content (AvgIpc) is 3.07. The number of nitrogens with zero attached hydrogens (tertiary/aromatic N) is 4. The first-order valence-electron chi connectivity index (χ1n) is 9.79. The summed E-state index contributed by atoms with van der Waals surface area (Å²) in [6.07, 6.45) is 3.19. The molecular formula is C21H21ClFN5O2. The molecule has 0 spiro atoms. The van der Waals surface area contributed by atoms with Gasteiger partial charge in [0.15, 0.2) is 0 Å². The highest BCUT2D eigenvalue weighted by atomic mass is 35.5. The quantitative estimate of drug-likeness (QED) is 0.740. The second-order valence-electron chi connectivity index (χ2n) is 8.05. The topological polar surface area (TPSA) is 85.6 Å². The third-order valence-electron chi connectivity index (χ3n) is 6.13. The number of hydrogen-bond acceptors (Lipinski definition) is 3. The van der Waals surface area contributed by atoms with Gasteiger partial charge in [-0.2, -0.15) is 5.10 Å². The lowest BCUT2D eigenvalue weighted by Gasteiger charge is -2.39. The van der Waals surface area contributed by atoms with Gasteiger partial charge in [-0.1, -0.05) is 18.0 Å². The van der Waals surface area contributed by atoms with Crippen LogP contribution in [0.2, 0.25) is 5.02 Å². The number of halogens is 2. The molecule has 0 atom stereocenters. The van der Waals surface area contributed by atoms with Gasteiger partial charge in [-0.05, 0) is 31.0 Å². The monoisotopic (exact) mass is 429 g/mol. The Balaban J connectivity index is 1.62. The molecule has 1 fully saturated rings. The van der Waals surface area contributed by atoms with Crippen molar-refractivity contribution in [2.24, 2.45) is 11.1 Å². The minimum absolute atomic E-state index is 0.0207. The summed E-state index contributed by atoms with van der Waals surface area (Å²) in [6, 6.07) is 4.12. The van der Waals surface area contributed by atoms with Crippen LogP contribution >= 0.6 is 11.6 Å². The number of fused-ring (bicyclic) bond motifs is 1. The molecule has 7 nitrogen and oxygen atoms in total. The number of carbonyl (C=O) groups is 2. The van der Waals surface area contributed by atoms with E-state index in [0.29, 0.717) is 43.0 Å². The molecule has 1 aliphatic heterocycles. The molecule has 1 aromatic carbocycles. The van der Waals surface area contributed by atoms with Gasteiger partial charge < -0.3 is 15.5 Å². The van der Waals surface area contributed by atoms with E-state index in [1.807, 2.05) is 0 Å². The van der Waals surface area contributed by atoms with Gasteiger partial charge in [-0.15, -0.1) is 0 Å². The maximum atomic E-state index is 13.6. The molecule has 1 aromatic heterocycles. The lowest BCUT2D eigenvalue weighted by atomic mass is 9.66. The summed E-state index contributed by atoms with van der Waals surface area (Å²) < 4.78 is 15.2. The number of hydrogen-bond donors (Lipinski definition) is 1. The number of benzene rings is 1. The van der Waals surface area contributed by atoms with Gasteiger partial charge in [0.25, 0.3) is 5.91 Å². The maximum absolute atomic E-state index is 13.6. The zero-order valence-corrected chi connectivity index (χ0v) is 17.1. The molecule has 2 amide bonds. The molecule has 1 aliphatic carbocycles. The highest BCUT2D eigenvalue weighted by molar-refractivity contribution is 6.31. The Hall–Kier alpha value is -2.92. The second-order valence-corrected chi connectivity index (χ2v) is 8.46. The third kappa shape index (κ3) is 3.54. The van der Waals surface area contributed by atoms with Crippen LogP contribution in [0.15, 0.2) is 18.2 Å². The van der Waals surface area contributed by atoms with Gasteiger partial charge in [0.05, 0.1) is 34.8 Å². The van der Waals surface area contributed by atoms with Crippen molar-refractivity contribution in [3.05, 3.63) is 51.7 Å². The van der Waals surface area contributed by atoms with Crippen molar-refractivity contribution in [2.45, 2.75) is 38.8 Å². The Morgan fingerprint density at radius 2 is 2.10 bits per heavy atom. The van der Waals surface area contributed by atoms with Crippen molar-refractivity contribution in [3.63, 3.8) is 0 Å². The van der Waals surface area contributed by atoms with Crippen LogP contribution in [0.5, 0.6) is 0 Å². The first kappa shape index (κ1) is 20.4. The number of carbonyl (C=O) groups excluding carboxylic acids is 2. The summed E-state index contributed by atoms with van der Waals surface area (Å²) in [7, 11) is 0. The fourth-order valence-corrected chi connectivity index (χ4v) is 4.48. The Morgan fingerprint density at radius 3 is 2.70 bits per heavy atom. The summed E-state index contributed by atoms with van der Waals surface area (Å²) >= 11 is 5.89. The lowest BCUT2D eigenvalue weighted by molar-refractivity contribution is -0.136. The Kier molecular flexibility index (Phi) is 5.24. The van der Waals surface area contributed by atoms with E-state index in [1.165, 1.54) is 18.2 Å². The van der Waals surface area contributed by atoms with Crippen molar-refractivity contribution < 1.29 is 14.0 Å². The molecule has 4 rings (SSSR count). The number of nitrogens with two attached hydrogens (primary N) is 1. The van der Waals surface area contributed by atoms with Gasteiger partial charge in [0, 0.05) is 18.5 Å². The van der Waals surface area contributed by atoms with E-state index in [9.17, 15) is 14.0 Å². The Morgan fingerprint density at radius 1 is 1.33 bits per heavy atom. The molecule has 0 radical (unpaired) electrons. The zero-order valence-electron chi connectivity index (χ0n) is 16.3. The molecule has 9 heteroatoms. The molecule has 2 aliphatic rings. The minimum Gasteiger partial charge on any atom is -0.365 e. The van der Waals surface area contributed by atoms with Gasteiger partial charge in [0.1, 0.15) is 11.5 Å². The number of amides is 2. The first-order valence-corrected chi connectivity index (χ1v) is 10.2. The van der Waals surface area contributed by atoms with Crippen LogP contribution in [-0.4, -0.2) is 39.6 Å². The fourth-order valence-electron chi connectivity index (χ4n) is 4.30. The van der Waals surface area contributed by atoms with E-state index in [2.05, 4.69) is 9.94 Å². The predicted octanol–water partition coefficient (Wildman–Crippen LogP) is 3.26. The zero-order chi connectivity index (χ0) is 21.5. The van der Waals surface area contributed by atoms with E-state index < -0.39 is 11.7 Å². The fraction of sp³-hybridized carbons (Fsp3) is 0.429. The van der Waals surface area contributed by atoms with Crippen LogP contribution < -0.4 is 5.73 Å². The lowest BCUT2D eigenvalue weighted by Crippen LogP contribution is -2.44. The summed E-state index contributed by atoms with van der Waals surface area (Å²) in [5.74, 6) is -1.25. The number of primary amides is 1. The first-order chi connectivity index (χ1) is 14.3. The van der Waals surface area contributed by atoms with Crippen molar-refractivity contribution in [3.8, 4) is 11.3 Å².